The lowest BCUT2D eigenvalue weighted by Crippen LogP contribution is -2.15. The van der Waals surface area contributed by atoms with Gasteiger partial charge in [0.1, 0.15) is 0 Å². The van der Waals surface area contributed by atoms with Crippen LogP contribution in [0.4, 0.5) is 5.69 Å². The van der Waals surface area contributed by atoms with Crippen LogP contribution >= 0.6 is 11.6 Å². The highest BCUT2D eigenvalue weighted by molar-refractivity contribution is 6.33. The van der Waals surface area contributed by atoms with Crippen molar-refractivity contribution in [3.05, 3.63) is 52.8 Å². The second-order valence-corrected chi connectivity index (χ2v) is 4.95. The summed E-state index contributed by atoms with van der Waals surface area (Å²) < 4.78 is 2.13. The summed E-state index contributed by atoms with van der Waals surface area (Å²) in [5.74, 6) is -0.0272. The summed E-state index contributed by atoms with van der Waals surface area (Å²) in [5, 5.41) is 3.39. The van der Waals surface area contributed by atoms with Gasteiger partial charge < -0.3 is 9.88 Å². The molecule has 3 nitrogen and oxygen atoms in total. The van der Waals surface area contributed by atoms with Crippen molar-refractivity contribution in [1.82, 2.24) is 4.57 Å². The monoisotopic (exact) mass is 276 g/mol. The summed E-state index contributed by atoms with van der Waals surface area (Å²) >= 11 is 6.00. The minimum absolute atomic E-state index is 0.0272. The first-order valence-electron chi connectivity index (χ1n) is 6.25. The standard InChI is InChI=1S/C15H17ClN2O/c1-11-7-8-12(2)18(11)10-9-15(19)17-14-6-4-3-5-13(14)16/h3-8H,9-10H2,1-2H3,(H,17,19). The van der Waals surface area contributed by atoms with Gasteiger partial charge in [-0.1, -0.05) is 23.7 Å². The molecule has 0 aliphatic rings. The number of nitrogens with zero attached hydrogens (tertiary/aromatic N) is 1. The zero-order valence-corrected chi connectivity index (χ0v) is 11.9. The fraction of sp³-hybridized carbons (Fsp3) is 0.267. The van der Waals surface area contributed by atoms with Gasteiger partial charge in [-0.05, 0) is 38.1 Å². The average molecular weight is 277 g/mol. The molecule has 0 unspecified atom stereocenters. The molecule has 1 aromatic carbocycles. The van der Waals surface area contributed by atoms with Crippen molar-refractivity contribution < 1.29 is 4.79 Å². The Morgan fingerprint density at radius 3 is 2.42 bits per heavy atom. The van der Waals surface area contributed by atoms with Crippen molar-refractivity contribution in [3.8, 4) is 0 Å². The van der Waals surface area contributed by atoms with Crippen molar-refractivity contribution >= 4 is 23.2 Å². The number of amides is 1. The summed E-state index contributed by atoms with van der Waals surface area (Å²) in [4.78, 5) is 11.9. The molecule has 0 atom stereocenters. The smallest absolute Gasteiger partial charge is 0.226 e. The molecular formula is C15H17ClN2O. The maximum absolute atomic E-state index is 11.9. The fourth-order valence-electron chi connectivity index (χ4n) is 2.04. The van der Waals surface area contributed by atoms with Gasteiger partial charge in [0.25, 0.3) is 0 Å². The predicted molar refractivity (Wildman–Crippen MR) is 78.6 cm³/mol. The molecule has 4 heteroatoms. The van der Waals surface area contributed by atoms with Crippen molar-refractivity contribution in [2.75, 3.05) is 5.32 Å². The number of carbonyl (C=O) groups excluding carboxylic acids is 1. The average Bonchev–Trinajstić information content (AvgIpc) is 2.70. The Labute approximate surface area is 118 Å². The molecule has 100 valence electrons. The second kappa shape index (κ2) is 5.93. The highest BCUT2D eigenvalue weighted by Crippen LogP contribution is 2.20. The van der Waals surface area contributed by atoms with E-state index in [1.807, 2.05) is 26.0 Å². The molecule has 1 heterocycles. The first-order valence-corrected chi connectivity index (χ1v) is 6.63. The lowest BCUT2D eigenvalue weighted by atomic mass is 10.3. The minimum atomic E-state index is -0.0272. The van der Waals surface area contributed by atoms with Crippen molar-refractivity contribution in [2.24, 2.45) is 0 Å². The van der Waals surface area contributed by atoms with Crippen LogP contribution in [0.2, 0.25) is 5.02 Å². The summed E-state index contributed by atoms with van der Waals surface area (Å²) in [6.07, 6.45) is 0.432. The topological polar surface area (TPSA) is 34.0 Å². The van der Waals surface area contributed by atoms with E-state index < -0.39 is 0 Å². The molecule has 0 aliphatic heterocycles. The zero-order chi connectivity index (χ0) is 13.8. The van der Waals surface area contributed by atoms with Gasteiger partial charge in [-0.3, -0.25) is 4.79 Å². The van der Waals surface area contributed by atoms with Crippen LogP contribution in [0.3, 0.4) is 0 Å². The van der Waals surface area contributed by atoms with Gasteiger partial charge in [0.15, 0.2) is 0 Å². The van der Waals surface area contributed by atoms with Crippen molar-refractivity contribution in [3.63, 3.8) is 0 Å². The minimum Gasteiger partial charge on any atom is -0.349 e. The Balaban J connectivity index is 1.94. The van der Waals surface area contributed by atoms with Crippen LogP contribution in [-0.4, -0.2) is 10.5 Å². The van der Waals surface area contributed by atoms with Crippen LogP contribution in [0.1, 0.15) is 17.8 Å². The summed E-state index contributed by atoms with van der Waals surface area (Å²) in [5.41, 5.74) is 3.00. The summed E-state index contributed by atoms with van der Waals surface area (Å²) in [7, 11) is 0. The Kier molecular flexibility index (Phi) is 4.27. The lowest BCUT2D eigenvalue weighted by molar-refractivity contribution is -0.116. The molecule has 2 aromatic rings. The fourth-order valence-corrected chi connectivity index (χ4v) is 2.22. The van der Waals surface area contributed by atoms with Gasteiger partial charge in [0.2, 0.25) is 5.91 Å². The second-order valence-electron chi connectivity index (χ2n) is 4.55. The number of carbonyl (C=O) groups is 1. The molecule has 0 bridgehead atoms. The number of benzene rings is 1. The Bertz CT molecular complexity index is 570. The number of hydrogen-bond acceptors (Lipinski definition) is 1. The van der Waals surface area contributed by atoms with Gasteiger partial charge in [0, 0.05) is 24.4 Å². The third kappa shape index (κ3) is 3.38. The van der Waals surface area contributed by atoms with E-state index in [0.29, 0.717) is 23.7 Å². The number of nitrogens with one attached hydrogen (secondary N) is 1. The molecule has 0 saturated heterocycles. The van der Waals surface area contributed by atoms with Crippen LogP contribution in [0.25, 0.3) is 0 Å². The van der Waals surface area contributed by atoms with Gasteiger partial charge >= 0.3 is 0 Å². The SMILES string of the molecule is Cc1ccc(C)n1CCC(=O)Nc1ccccc1Cl. The van der Waals surface area contributed by atoms with Crippen LogP contribution in [0.5, 0.6) is 0 Å². The molecule has 1 amide bonds. The maximum Gasteiger partial charge on any atom is 0.226 e. The number of para-hydroxylation sites is 1. The number of hydrogen-bond donors (Lipinski definition) is 1. The highest BCUT2D eigenvalue weighted by atomic mass is 35.5. The van der Waals surface area contributed by atoms with Crippen LogP contribution in [0, 0.1) is 13.8 Å². The van der Waals surface area contributed by atoms with E-state index in [-0.39, 0.29) is 5.91 Å². The number of rotatable bonds is 4. The van der Waals surface area contributed by atoms with E-state index in [1.165, 1.54) is 11.4 Å². The number of aromatic nitrogens is 1. The molecule has 1 N–H and O–H groups in total. The first-order chi connectivity index (χ1) is 9.08. The van der Waals surface area contributed by atoms with Gasteiger partial charge in [0.05, 0.1) is 10.7 Å². The Morgan fingerprint density at radius 2 is 1.79 bits per heavy atom. The third-order valence-electron chi connectivity index (χ3n) is 3.13. The normalized spacial score (nSPS) is 10.5. The van der Waals surface area contributed by atoms with E-state index >= 15 is 0 Å². The number of halogens is 1. The van der Waals surface area contributed by atoms with E-state index in [2.05, 4.69) is 22.0 Å². The van der Waals surface area contributed by atoms with Crippen molar-refractivity contribution in [1.29, 1.82) is 0 Å². The zero-order valence-electron chi connectivity index (χ0n) is 11.1. The molecule has 0 radical (unpaired) electrons. The molecule has 1 aromatic heterocycles. The maximum atomic E-state index is 11.9. The summed E-state index contributed by atoms with van der Waals surface area (Å²) in [6, 6.07) is 11.4. The van der Waals surface area contributed by atoms with Crippen LogP contribution in [-0.2, 0) is 11.3 Å². The molecule has 0 fully saturated rings. The summed E-state index contributed by atoms with van der Waals surface area (Å²) in [6.45, 7) is 4.76. The quantitative estimate of drug-likeness (QED) is 0.906. The largest absolute Gasteiger partial charge is 0.349 e. The molecule has 0 saturated carbocycles. The van der Waals surface area contributed by atoms with Gasteiger partial charge in [-0.2, -0.15) is 0 Å². The first kappa shape index (κ1) is 13.7. The Morgan fingerprint density at radius 1 is 1.16 bits per heavy atom. The van der Waals surface area contributed by atoms with E-state index in [4.69, 9.17) is 11.6 Å². The van der Waals surface area contributed by atoms with Crippen molar-refractivity contribution in [2.45, 2.75) is 26.8 Å². The molecule has 2 rings (SSSR count). The molecule has 19 heavy (non-hydrogen) atoms. The van der Waals surface area contributed by atoms with Crippen LogP contribution < -0.4 is 5.32 Å². The molecule has 0 spiro atoms. The van der Waals surface area contributed by atoms with E-state index in [1.54, 1.807) is 12.1 Å². The van der Waals surface area contributed by atoms with E-state index in [9.17, 15) is 4.79 Å². The Hall–Kier alpha value is -1.74. The molecule has 0 aliphatic carbocycles. The van der Waals surface area contributed by atoms with E-state index in [0.717, 1.165) is 0 Å². The highest BCUT2D eigenvalue weighted by Gasteiger charge is 2.07. The van der Waals surface area contributed by atoms with Crippen LogP contribution in [0.15, 0.2) is 36.4 Å². The van der Waals surface area contributed by atoms with Gasteiger partial charge in [-0.25, -0.2) is 0 Å². The third-order valence-corrected chi connectivity index (χ3v) is 3.46. The lowest BCUT2D eigenvalue weighted by Gasteiger charge is -2.10. The number of anilines is 1. The van der Waals surface area contributed by atoms with Gasteiger partial charge in [-0.15, -0.1) is 0 Å². The number of aryl methyl sites for hydroxylation is 2. The molecular weight excluding hydrogens is 260 g/mol. The predicted octanol–water partition coefficient (Wildman–Crippen LogP) is 3.79.